The Morgan fingerprint density at radius 2 is 2.17 bits per heavy atom. The van der Waals surface area contributed by atoms with Crippen molar-refractivity contribution in [3.05, 3.63) is 24.2 Å². The Morgan fingerprint density at radius 1 is 1.44 bits per heavy atom. The van der Waals surface area contributed by atoms with Crippen molar-refractivity contribution in [2.45, 2.75) is 19.9 Å². The highest BCUT2D eigenvalue weighted by atomic mass is 32.2. The Kier molecular flexibility index (Phi) is 5.80. The molecular formula is C11H21N3O3S. The minimum absolute atomic E-state index is 0.249. The lowest BCUT2D eigenvalue weighted by molar-refractivity contribution is 0.338. The minimum atomic E-state index is -3.45. The van der Waals surface area contributed by atoms with Crippen LogP contribution in [0.3, 0.4) is 0 Å². The molecule has 7 heteroatoms. The summed E-state index contributed by atoms with van der Waals surface area (Å²) in [5, 5.41) is 0. The second-order valence-electron chi connectivity index (χ2n) is 3.98. The lowest BCUT2D eigenvalue weighted by Crippen LogP contribution is -2.42. The number of hydrogen-bond acceptors (Lipinski definition) is 4. The Hall–Kier alpha value is -0.890. The maximum Gasteiger partial charge on any atom is 0.282 e. The largest absolute Gasteiger partial charge is 0.468 e. The van der Waals surface area contributed by atoms with Gasteiger partial charge >= 0.3 is 0 Å². The van der Waals surface area contributed by atoms with Crippen LogP contribution in [-0.4, -0.2) is 43.7 Å². The standard InChI is InChI=1S/C11H21N3O3S/c1-3-14(10-11-6-4-9-17-11)18(15,16)13(2)8-5-7-12/h4,6,9H,3,5,7-8,10,12H2,1-2H3. The van der Waals surface area contributed by atoms with E-state index >= 15 is 0 Å². The highest BCUT2D eigenvalue weighted by molar-refractivity contribution is 7.86. The Bertz CT molecular complexity index is 430. The Labute approximate surface area is 109 Å². The molecule has 0 bridgehead atoms. The molecular weight excluding hydrogens is 254 g/mol. The molecule has 0 fully saturated rings. The van der Waals surface area contributed by atoms with Crippen molar-refractivity contribution in [1.82, 2.24) is 8.61 Å². The molecule has 0 unspecified atom stereocenters. The summed E-state index contributed by atoms with van der Waals surface area (Å²) in [6.07, 6.45) is 2.18. The van der Waals surface area contributed by atoms with Gasteiger partial charge in [-0.3, -0.25) is 0 Å². The quantitative estimate of drug-likeness (QED) is 0.754. The van der Waals surface area contributed by atoms with Gasteiger partial charge in [0.2, 0.25) is 0 Å². The summed E-state index contributed by atoms with van der Waals surface area (Å²) in [5.41, 5.74) is 5.39. The predicted octanol–water partition coefficient (Wildman–Crippen LogP) is 0.627. The summed E-state index contributed by atoms with van der Waals surface area (Å²) < 4.78 is 32.4. The number of nitrogens with zero attached hydrogens (tertiary/aromatic N) is 2. The number of nitrogens with two attached hydrogens (primary N) is 1. The molecule has 0 saturated heterocycles. The molecule has 0 aliphatic rings. The molecule has 18 heavy (non-hydrogen) atoms. The number of rotatable bonds is 8. The van der Waals surface area contributed by atoms with Crippen molar-refractivity contribution in [2.24, 2.45) is 5.73 Å². The van der Waals surface area contributed by atoms with Gasteiger partial charge in [0.25, 0.3) is 10.2 Å². The van der Waals surface area contributed by atoms with Crippen LogP contribution in [0.2, 0.25) is 0 Å². The normalized spacial score (nSPS) is 12.5. The summed E-state index contributed by atoms with van der Waals surface area (Å²) in [4.78, 5) is 0. The lowest BCUT2D eigenvalue weighted by atomic mass is 10.4. The zero-order chi connectivity index (χ0) is 13.6. The van der Waals surface area contributed by atoms with Gasteiger partial charge in [-0.1, -0.05) is 6.92 Å². The van der Waals surface area contributed by atoms with Crippen molar-refractivity contribution in [3.63, 3.8) is 0 Å². The highest BCUT2D eigenvalue weighted by Crippen LogP contribution is 2.12. The first-order valence-electron chi connectivity index (χ1n) is 5.96. The van der Waals surface area contributed by atoms with Gasteiger partial charge in [0.15, 0.2) is 0 Å². The molecule has 2 N–H and O–H groups in total. The van der Waals surface area contributed by atoms with Crippen LogP contribution in [0.1, 0.15) is 19.1 Å². The van der Waals surface area contributed by atoms with E-state index in [1.807, 2.05) is 0 Å². The first kappa shape index (κ1) is 15.2. The molecule has 1 aromatic heterocycles. The first-order chi connectivity index (χ1) is 8.52. The maximum atomic E-state index is 12.3. The van der Waals surface area contributed by atoms with E-state index in [-0.39, 0.29) is 6.54 Å². The molecule has 104 valence electrons. The van der Waals surface area contributed by atoms with E-state index in [1.54, 1.807) is 26.1 Å². The fourth-order valence-electron chi connectivity index (χ4n) is 1.56. The maximum absolute atomic E-state index is 12.3. The fourth-order valence-corrected chi connectivity index (χ4v) is 2.93. The molecule has 0 atom stereocenters. The molecule has 0 spiro atoms. The van der Waals surface area contributed by atoms with E-state index < -0.39 is 10.2 Å². The van der Waals surface area contributed by atoms with Crippen LogP contribution in [0.25, 0.3) is 0 Å². The summed E-state index contributed by atoms with van der Waals surface area (Å²) in [6, 6.07) is 3.51. The number of furan rings is 1. The summed E-state index contributed by atoms with van der Waals surface area (Å²) in [5.74, 6) is 0.632. The molecule has 1 aromatic rings. The average Bonchev–Trinajstić information content (AvgIpc) is 2.85. The predicted molar refractivity (Wildman–Crippen MR) is 70.0 cm³/mol. The molecule has 0 amide bonds. The van der Waals surface area contributed by atoms with Gasteiger partial charge in [0.05, 0.1) is 12.8 Å². The zero-order valence-corrected chi connectivity index (χ0v) is 11.7. The zero-order valence-electron chi connectivity index (χ0n) is 10.9. The van der Waals surface area contributed by atoms with E-state index in [0.717, 1.165) is 0 Å². The second kappa shape index (κ2) is 6.89. The van der Waals surface area contributed by atoms with E-state index in [9.17, 15) is 8.42 Å². The minimum Gasteiger partial charge on any atom is -0.468 e. The van der Waals surface area contributed by atoms with Gasteiger partial charge in [0.1, 0.15) is 5.76 Å². The van der Waals surface area contributed by atoms with Crippen LogP contribution >= 0.6 is 0 Å². The topological polar surface area (TPSA) is 79.8 Å². The highest BCUT2D eigenvalue weighted by Gasteiger charge is 2.25. The van der Waals surface area contributed by atoms with Gasteiger partial charge in [0, 0.05) is 20.1 Å². The van der Waals surface area contributed by atoms with Crippen LogP contribution in [0.5, 0.6) is 0 Å². The molecule has 1 heterocycles. The summed E-state index contributed by atoms with van der Waals surface area (Å²) in [6.45, 7) is 3.35. The fraction of sp³-hybridized carbons (Fsp3) is 0.636. The first-order valence-corrected chi connectivity index (χ1v) is 7.36. The second-order valence-corrected chi connectivity index (χ2v) is 6.01. The Morgan fingerprint density at radius 3 is 2.67 bits per heavy atom. The van der Waals surface area contributed by atoms with E-state index in [0.29, 0.717) is 31.8 Å². The number of hydrogen-bond donors (Lipinski definition) is 1. The van der Waals surface area contributed by atoms with Gasteiger partial charge in [-0.25, -0.2) is 0 Å². The van der Waals surface area contributed by atoms with Crippen LogP contribution in [0.15, 0.2) is 22.8 Å². The molecule has 0 radical (unpaired) electrons. The van der Waals surface area contributed by atoms with Crippen molar-refractivity contribution in [3.8, 4) is 0 Å². The average molecular weight is 275 g/mol. The Balaban J connectivity index is 2.73. The third kappa shape index (κ3) is 3.81. The molecule has 1 rings (SSSR count). The molecule has 0 aliphatic carbocycles. The van der Waals surface area contributed by atoms with E-state index in [1.165, 1.54) is 14.9 Å². The van der Waals surface area contributed by atoms with Crippen LogP contribution in [0.4, 0.5) is 0 Å². The van der Waals surface area contributed by atoms with E-state index in [4.69, 9.17) is 10.2 Å². The lowest BCUT2D eigenvalue weighted by Gasteiger charge is -2.25. The molecule has 0 aromatic carbocycles. The smallest absolute Gasteiger partial charge is 0.282 e. The van der Waals surface area contributed by atoms with Gasteiger partial charge < -0.3 is 10.2 Å². The van der Waals surface area contributed by atoms with Crippen molar-refractivity contribution in [2.75, 3.05) is 26.7 Å². The van der Waals surface area contributed by atoms with Gasteiger partial charge in [-0.05, 0) is 25.1 Å². The van der Waals surface area contributed by atoms with Gasteiger partial charge in [-0.2, -0.15) is 17.0 Å². The van der Waals surface area contributed by atoms with Crippen molar-refractivity contribution in [1.29, 1.82) is 0 Å². The van der Waals surface area contributed by atoms with Crippen molar-refractivity contribution >= 4 is 10.2 Å². The van der Waals surface area contributed by atoms with Crippen LogP contribution in [-0.2, 0) is 16.8 Å². The summed E-state index contributed by atoms with van der Waals surface area (Å²) in [7, 11) is -1.88. The van der Waals surface area contributed by atoms with Crippen LogP contribution in [0, 0.1) is 0 Å². The summed E-state index contributed by atoms with van der Waals surface area (Å²) >= 11 is 0. The third-order valence-corrected chi connectivity index (χ3v) is 4.67. The molecule has 0 aliphatic heterocycles. The van der Waals surface area contributed by atoms with Gasteiger partial charge in [-0.15, -0.1) is 0 Å². The monoisotopic (exact) mass is 275 g/mol. The van der Waals surface area contributed by atoms with Crippen LogP contribution < -0.4 is 5.73 Å². The molecule has 0 saturated carbocycles. The molecule has 6 nitrogen and oxygen atoms in total. The SMILES string of the molecule is CCN(Cc1ccco1)S(=O)(=O)N(C)CCCN. The third-order valence-electron chi connectivity index (χ3n) is 2.66. The van der Waals surface area contributed by atoms with Crippen molar-refractivity contribution < 1.29 is 12.8 Å². The van der Waals surface area contributed by atoms with E-state index in [2.05, 4.69) is 0 Å².